The van der Waals surface area contributed by atoms with Crippen LogP contribution in [0.3, 0.4) is 0 Å². The van der Waals surface area contributed by atoms with E-state index in [2.05, 4.69) is 16.4 Å². The number of hydrogen-bond acceptors (Lipinski definition) is 10. The highest BCUT2D eigenvalue weighted by atomic mass is 32.2. The van der Waals surface area contributed by atoms with Gasteiger partial charge in [0, 0.05) is 6.54 Å². The minimum absolute atomic E-state index is 0.0241. The van der Waals surface area contributed by atoms with Crippen LogP contribution in [0.1, 0.15) is 22.5 Å². The molecule has 36 heavy (non-hydrogen) atoms. The van der Waals surface area contributed by atoms with Gasteiger partial charge < -0.3 is 25.9 Å². The molecule has 3 heterocycles. The Balaban J connectivity index is 1.75. The molecule has 13 heteroatoms. The van der Waals surface area contributed by atoms with Gasteiger partial charge in [0.1, 0.15) is 33.8 Å². The first-order chi connectivity index (χ1) is 17.0. The number of furan rings is 1. The van der Waals surface area contributed by atoms with Gasteiger partial charge in [0.05, 0.1) is 21.5 Å². The van der Waals surface area contributed by atoms with Gasteiger partial charge in [-0.15, -0.1) is 0 Å². The molecule has 0 atom stereocenters. The molecule has 4 aromatic rings. The number of nitrogens with zero attached hydrogens (tertiary/aromatic N) is 2. The van der Waals surface area contributed by atoms with Crippen LogP contribution in [0, 0.1) is 25.2 Å². The summed E-state index contributed by atoms with van der Waals surface area (Å²) in [5.41, 5.74) is 13.9. The monoisotopic (exact) mass is 526 g/mol. The van der Waals surface area contributed by atoms with Gasteiger partial charge in [-0.3, -0.25) is 0 Å². The number of hydrogen-bond donors (Lipinski definition) is 4. The van der Waals surface area contributed by atoms with E-state index in [1.807, 2.05) is 13.8 Å². The number of nitrogens with two attached hydrogens (primary N) is 3. The Bertz CT molecular complexity index is 1610. The predicted molar refractivity (Wildman–Crippen MR) is 136 cm³/mol. The van der Waals surface area contributed by atoms with Gasteiger partial charge in [0.15, 0.2) is 0 Å². The zero-order valence-corrected chi connectivity index (χ0v) is 20.9. The number of fused-ring (bicyclic) bond motifs is 1. The van der Waals surface area contributed by atoms with Gasteiger partial charge in [0.25, 0.3) is 0 Å². The van der Waals surface area contributed by atoms with E-state index in [0.29, 0.717) is 46.1 Å². The van der Waals surface area contributed by atoms with Crippen molar-refractivity contribution in [3.8, 4) is 22.5 Å². The molecule has 1 amide bonds. The van der Waals surface area contributed by atoms with Crippen molar-refractivity contribution in [2.75, 3.05) is 17.6 Å². The van der Waals surface area contributed by atoms with E-state index in [9.17, 15) is 18.5 Å². The number of nitrogens with one attached hydrogen (secondary N) is 1. The van der Waals surface area contributed by atoms with Crippen molar-refractivity contribution in [2.45, 2.75) is 25.2 Å². The second-order valence-electron chi connectivity index (χ2n) is 7.94. The van der Waals surface area contributed by atoms with Crippen molar-refractivity contribution in [1.29, 1.82) is 5.26 Å². The van der Waals surface area contributed by atoms with E-state index in [4.69, 9.17) is 25.8 Å². The van der Waals surface area contributed by atoms with Gasteiger partial charge in [-0.05, 0) is 49.6 Å². The van der Waals surface area contributed by atoms with E-state index in [1.165, 1.54) is 12.1 Å². The number of nitrogen functional groups attached to an aromatic ring is 1. The molecule has 0 aliphatic carbocycles. The van der Waals surface area contributed by atoms with Crippen molar-refractivity contribution in [3.05, 3.63) is 52.8 Å². The van der Waals surface area contributed by atoms with Crippen LogP contribution in [0.2, 0.25) is 0 Å². The SMILES string of the molecule is Cc1cc(-c2c(C#N)c(NCCc3ccc(S(N)(=O)=O)cc3)nc3sc(OC(N)=O)c(N)c23)oc1C. The minimum Gasteiger partial charge on any atom is -0.461 e. The third kappa shape index (κ3) is 4.82. The number of rotatable bonds is 7. The molecule has 0 saturated carbocycles. The second kappa shape index (κ2) is 9.50. The number of benzene rings is 1. The first kappa shape index (κ1) is 25.0. The normalized spacial score (nSPS) is 11.4. The number of nitriles is 1. The van der Waals surface area contributed by atoms with Gasteiger partial charge in [-0.25, -0.2) is 23.3 Å². The van der Waals surface area contributed by atoms with Gasteiger partial charge >= 0.3 is 6.09 Å². The largest absolute Gasteiger partial charge is 0.461 e. The summed E-state index contributed by atoms with van der Waals surface area (Å²) >= 11 is 1.02. The van der Waals surface area contributed by atoms with E-state index >= 15 is 0 Å². The van der Waals surface area contributed by atoms with Gasteiger partial charge in [0.2, 0.25) is 15.1 Å². The van der Waals surface area contributed by atoms with Gasteiger partial charge in [-0.2, -0.15) is 5.26 Å². The fourth-order valence-corrected chi connectivity index (χ4v) is 5.13. The average Bonchev–Trinajstić information content (AvgIpc) is 3.30. The standard InChI is InChI=1S/C23H22N6O5S2/c1-11-9-16(33-12(11)2)17-15(10-24)20(29-21-18(17)19(25)22(35-21)34-23(26)30)28-8-7-13-3-5-14(6-4-13)36(27,31)32/h3-6,9H,7-8,25H2,1-2H3,(H2,26,30)(H,28,29)(H2,27,31,32). The van der Waals surface area contributed by atoms with Crippen LogP contribution in [0.4, 0.5) is 16.3 Å². The highest BCUT2D eigenvalue weighted by molar-refractivity contribution is 7.89. The molecule has 0 unspecified atom stereocenters. The molecule has 4 rings (SSSR count). The number of primary amides is 1. The molecule has 1 aromatic carbocycles. The number of anilines is 2. The highest BCUT2D eigenvalue weighted by Crippen LogP contribution is 2.47. The summed E-state index contributed by atoms with van der Waals surface area (Å²) in [7, 11) is -3.77. The summed E-state index contributed by atoms with van der Waals surface area (Å²) < 4.78 is 33.9. The lowest BCUT2D eigenvalue weighted by atomic mass is 10.0. The van der Waals surface area contributed by atoms with Crippen molar-refractivity contribution in [3.63, 3.8) is 0 Å². The predicted octanol–water partition coefficient (Wildman–Crippen LogP) is 3.39. The molecule has 0 bridgehead atoms. The molecule has 3 aromatic heterocycles. The number of aryl methyl sites for hydroxylation is 2. The molecule has 11 nitrogen and oxygen atoms in total. The number of thiophene rings is 1. The lowest BCUT2D eigenvalue weighted by Gasteiger charge is -2.12. The molecule has 0 fully saturated rings. The van der Waals surface area contributed by atoms with Crippen LogP contribution in [0.5, 0.6) is 5.06 Å². The number of carbonyl (C=O) groups is 1. The van der Waals surface area contributed by atoms with Crippen molar-refractivity contribution >= 4 is 49.2 Å². The number of sulfonamides is 1. The van der Waals surface area contributed by atoms with Crippen LogP contribution in [-0.2, 0) is 16.4 Å². The fraction of sp³-hybridized carbons (Fsp3) is 0.174. The minimum atomic E-state index is -3.77. The molecule has 0 radical (unpaired) electrons. The lowest BCUT2D eigenvalue weighted by molar-refractivity contribution is 0.212. The third-order valence-electron chi connectivity index (χ3n) is 5.52. The van der Waals surface area contributed by atoms with Crippen LogP contribution < -0.4 is 26.7 Å². The zero-order chi connectivity index (χ0) is 26.2. The average molecular weight is 527 g/mol. The molecule has 186 valence electrons. The summed E-state index contributed by atoms with van der Waals surface area (Å²) in [5.74, 6) is 1.39. The maximum absolute atomic E-state index is 11.5. The maximum atomic E-state index is 11.5. The highest BCUT2D eigenvalue weighted by Gasteiger charge is 2.26. The van der Waals surface area contributed by atoms with Crippen LogP contribution in [0.15, 0.2) is 39.6 Å². The Labute approximate surface area is 210 Å². The maximum Gasteiger partial charge on any atom is 0.410 e. The summed E-state index contributed by atoms with van der Waals surface area (Å²) in [5, 5.41) is 18.9. The Morgan fingerprint density at radius 1 is 1.28 bits per heavy atom. The molecule has 0 aliphatic heterocycles. The molecular weight excluding hydrogens is 504 g/mol. The number of aromatic nitrogens is 1. The lowest BCUT2D eigenvalue weighted by Crippen LogP contribution is -2.16. The molecule has 7 N–H and O–H groups in total. The third-order valence-corrected chi connectivity index (χ3v) is 7.42. The summed E-state index contributed by atoms with van der Waals surface area (Å²) in [4.78, 5) is 16.4. The number of pyridine rings is 1. The summed E-state index contributed by atoms with van der Waals surface area (Å²) in [6.45, 7) is 4.07. The topological polar surface area (TPSA) is 200 Å². The van der Waals surface area contributed by atoms with Crippen LogP contribution >= 0.6 is 11.3 Å². The zero-order valence-electron chi connectivity index (χ0n) is 19.3. The summed E-state index contributed by atoms with van der Waals surface area (Å²) in [6, 6.07) is 10.2. The molecule has 0 spiro atoms. The van der Waals surface area contributed by atoms with E-state index < -0.39 is 16.1 Å². The summed E-state index contributed by atoms with van der Waals surface area (Å²) in [6.07, 6.45) is -0.515. The quantitative estimate of drug-likeness (QED) is 0.278. The molecular formula is C23H22N6O5S2. The first-order valence-corrected chi connectivity index (χ1v) is 12.9. The first-order valence-electron chi connectivity index (χ1n) is 10.6. The molecule has 0 aliphatic rings. The Kier molecular flexibility index (Phi) is 6.59. The number of primary sulfonamides is 1. The fourth-order valence-electron chi connectivity index (χ4n) is 3.65. The van der Waals surface area contributed by atoms with Crippen molar-refractivity contribution in [2.24, 2.45) is 10.9 Å². The van der Waals surface area contributed by atoms with Crippen molar-refractivity contribution < 1.29 is 22.4 Å². The Morgan fingerprint density at radius 2 is 1.97 bits per heavy atom. The van der Waals surface area contributed by atoms with Gasteiger partial charge in [-0.1, -0.05) is 23.5 Å². The Hall–Kier alpha value is -4.12. The number of amides is 1. The van der Waals surface area contributed by atoms with E-state index in [-0.39, 0.29) is 21.2 Å². The van der Waals surface area contributed by atoms with E-state index in [1.54, 1.807) is 18.2 Å². The number of ether oxygens (including phenoxy) is 1. The number of carbonyl (C=O) groups excluding carboxylic acids is 1. The second-order valence-corrected chi connectivity index (χ2v) is 10.5. The van der Waals surface area contributed by atoms with Crippen LogP contribution in [0.25, 0.3) is 21.5 Å². The smallest absolute Gasteiger partial charge is 0.410 e. The molecule has 0 saturated heterocycles. The van der Waals surface area contributed by atoms with Crippen LogP contribution in [-0.4, -0.2) is 26.0 Å². The van der Waals surface area contributed by atoms with E-state index in [0.717, 1.165) is 22.5 Å². The Morgan fingerprint density at radius 3 is 2.53 bits per heavy atom. The van der Waals surface area contributed by atoms with Crippen molar-refractivity contribution in [1.82, 2.24) is 4.98 Å².